The Morgan fingerprint density at radius 3 is 2.18 bits per heavy atom. The number of hydrogen-bond donors (Lipinski definition) is 0. The molecule has 0 unspecified atom stereocenters. The molecule has 0 spiro atoms. The number of aromatic nitrogens is 4. The van der Waals surface area contributed by atoms with Crippen LogP contribution in [0.5, 0.6) is 0 Å². The van der Waals surface area contributed by atoms with Gasteiger partial charge in [-0.15, -0.1) is 17.5 Å². The first-order chi connectivity index (χ1) is 21.0. The van der Waals surface area contributed by atoms with Crippen LogP contribution in [0.2, 0.25) is 13.1 Å². The number of fused-ring (bicyclic) bond motifs is 4. The van der Waals surface area contributed by atoms with Crippen LogP contribution in [0.3, 0.4) is 0 Å². The summed E-state index contributed by atoms with van der Waals surface area (Å²) in [6.45, 7) is 16.0. The first-order valence-corrected chi connectivity index (χ1v) is 18.5. The van der Waals surface area contributed by atoms with Crippen molar-refractivity contribution in [3.8, 4) is 11.5 Å². The second-order valence-corrected chi connectivity index (χ2v) is 18.0. The molecule has 45 heavy (non-hydrogen) atoms. The zero-order valence-corrected chi connectivity index (χ0v) is 30.3. The molecular weight excluding hydrogens is 748 g/mol. The smallest absolute Gasteiger partial charge is 0.188 e. The van der Waals surface area contributed by atoms with Crippen LogP contribution >= 0.6 is 0 Å². The molecule has 0 bridgehead atoms. The average Bonchev–Trinajstić information content (AvgIpc) is 3.58. The van der Waals surface area contributed by atoms with E-state index in [2.05, 4.69) is 171 Å². The summed E-state index contributed by atoms with van der Waals surface area (Å²) in [4.78, 5) is 4.85. The van der Waals surface area contributed by atoms with E-state index < -0.39 is 8.07 Å². The minimum Gasteiger partial charge on any atom is -0.319 e. The SMILES string of the molecule is CC(C)c1ccnc(-n2c3[c-]c([Si](C)(C)c4[c-]c(-n5[cH+]n(C(C)(C)C)c6ccccc65)ccc4)ccc3c3ccccc32)c1.[Pt]. The van der Waals surface area contributed by atoms with E-state index in [1.165, 1.54) is 37.7 Å². The second kappa shape index (κ2) is 11.5. The van der Waals surface area contributed by atoms with Gasteiger partial charge in [0, 0.05) is 50.6 Å². The zero-order valence-electron chi connectivity index (χ0n) is 27.0. The molecule has 3 heterocycles. The molecule has 4 aromatic carbocycles. The molecule has 230 valence electrons. The second-order valence-electron chi connectivity index (χ2n) is 13.7. The Hall–Kier alpha value is -3.79. The van der Waals surface area contributed by atoms with Crippen molar-refractivity contribution in [1.82, 2.24) is 18.7 Å². The molecule has 0 aliphatic rings. The van der Waals surface area contributed by atoms with Crippen molar-refractivity contribution in [2.45, 2.75) is 59.2 Å². The van der Waals surface area contributed by atoms with E-state index in [0.717, 1.165) is 22.5 Å². The Kier molecular flexibility index (Phi) is 7.99. The molecule has 0 aliphatic heterocycles. The summed E-state index contributed by atoms with van der Waals surface area (Å²) in [5.41, 5.74) is 6.94. The number of para-hydroxylation sites is 3. The molecule has 0 saturated heterocycles. The summed E-state index contributed by atoms with van der Waals surface area (Å²) in [5.74, 6) is 1.37. The van der Waals surface area contributed by atoms with Crippen LogP contribution in [0.15, 0.2) is 104 Å². The Morgan fingerprint density at radius 2 is 1.44 bits per heavy atom. The fourth-order valence-electron chi connectivity index (χ4n) is 6.36. The van der Waals surface area contributed by atoms with Crippen LogP contribution < -0.4 is 10.4 Å². The van der Waals surface area contributed by atoms with Gasteiger partial charge in [0.15, 0.2) is 17.4 Å². The summed E-state index contributed by atoms with van der Waals surface area (Å²) in [5, 5.41) is 4.94. The van der Waals surface area contributed by atoms with Crippen LogP contribution in [0.25, 0.3) is 44.3 Å². The first kappa shape index (κ1) is 31.2. The predicted octanol–water partition coefficient (Wildman–Crippen LogP) is 8.50. The zero-order chi connectivity index (χ0) is 30.8. The Labute approximate surface area is 281 Å². The molecule has 4 nitrogen and oxygen atoms in total. The topological polar surface area (TPSA) is 27.7 Å². The molecule has 0 N–H and O–H groups in total. The van der Waals surface area contributed by atoms with Crippen molar-refractivity contribution >= 4 is 51.3 Å². The maximum atomic E-state index is 4.85. The van der Waals surface area contributed by atoms with Gasteiger partial charge in [0.1, 0.15) is 5.82 Å². The molecule has 0 amide bonds. The van der Waals surface area contributed by atoms with Crippen molar-refractivity contribution in [3.05, 3.63) is 121 Å². The van der Waals surface area contributed by atoms with Gasteiger partial charge >= 0.3 is 0 Å². The summed E-state index contributed by atoms with van der Waals surface area (Å²) < 4.78 is 6.93. The fraction of sp³-hybridized carbons (Fsp3) is 0.231. The third-order valence-corrected chi connectivity index (χ3v) is 12.3. The molecule has 0 atom stereocenters. The van der Waals surface area contributed by atoms with E-state index in [1.54, 1.807) is 0 Å². The van der Waals surface area contributed by atoms with E-state index in [9.17, 15) is 0 Å². The minimum atomic E-state index is -2.20. The summed E-state index contributed by atoms with van der Waals surface area (Å²) in [6.07, 6.45) is 4.16. The molecular formula is C39H39N4PtSi-. The largest absolute Gasteiger partial charge is 0.319 e. The Bertz CT molecular complexity index is 2180. The van der Waals surface area contributed by atoms with Crippen molar-refractivity contribution in [2.24, 2.45) is 0 Å². The van der Waals surface area contributed by atoms with Gasteiger partial charge in [0.2, 0.25) is 0 Å². The normalized spacial score (nSPS) is 12.4. The van der Waals surface area contributed by atoms with E-state index in [-0.39, 0.29) is 26.6 Å². The maximum absolute atomic E-state index is 4.85. The van der Waals surface area contributed by atoms with Gasteiger partial charge < -0.3 is 4.57 Å². The molecule has 0 radical (unpaired) electrons. The first-order valence-electron chi connectivity index (χ1n) is 15.5. The van der Waals surface area contributed by atoms with Crippen molar-refractivity contribution in [3.63, 3.8) is 0 Å². The molecule has 0 fully saturated rings. The van der Waals surface area contributed by atoms with E-state index in [1.807, 2.05) is 6.20 Å². The Morgan fingerprint density at radius 1 is 0.756 bits per heavy atom. The average molecular weight is 787 g/mol. The monoisotopic (exact) mass is 786 g/mol. The van der Waals surface area contributed by atoms with Gasteiger partial charge in [-0.3, -0.25) is 0 Å². The number of nitrogens with zero attached hydrogens (tertiary/aromatic N) is 4. The van der Waals surface area contributed by atoms with Crippen LogP contribution in [0.1, 0.15) is 46.1 Å². The number of pyridine rings is 1. The number of rotatable bonds is 5. The minimum absolute atomic E-state index is 0. The molecule has 7 aromatic rings. The predicted molar refractivity (Wildman–Crippen MR) is 188 cm³/mol. The number of hydrogen-bond acceptors (Lipinski definition) is 1. The molecule has 6 heteroatoms. The van der Waals surface area contributed by atoms with E-state index in [4.69, 9.17) is 4.98 Å². The number of benzene rings is 4. The maximum Gasteiger partial charge on any atom is 0.188 e. The van der Waals surface area contributed by atoms with E-state index >= 15 is 0 Å². The van der Waals surface area contributed by atoms with Crippen LogP contribution in [0.4, 0.5) is 0 Å². The Balaban J connectivity index is 0.00000357. The van der Waals surface area contributed by atoms with Gasteiger partial charge in [0.25, 0.3) is 0 Å². The molecule has 0 saturated carbocycles. The summed E-state index contributed by atoms with van der Waals surface area (Å²) >= 11 is 0. The van der Waals surface area contributed by atoms with Crippen LogP contribution in [0, 0.1) is 12.1 Å². The number of imidazole rings is 1. The van der Waals surface area contributed by atoms with Gasteiger partial charge in [0.05, 0.1) is 13.6 Å². The van der Waals surface area contributed by atoms with Gasteiger partial charge in [-0.1, -0.05) is 50.7 Å². The van der Waals surface area contributed by atoms with Crippen LogP contribution in [-0.4, -0.2) is 26.8 Å². The van der Waals surface area contributed by atoms with Crippen molar-refractivity contribution in [2.75, 3.05) is 0 Å². The summed E-state index contributed by atoms with van der Waals surface area (Å²) in [7, 11) is -2.20. The van der Waals surface area contributed by atoms with Crippen molar-refractivity contribution in [1.29, 1.82) is 0 Å². The molecule has 7 rings (SSSR count). The summed E-state index contributed by atoms with van der Waals surface area (Å²) in [6, 6.07) is 40.6. The van der Waals surface area contributed by atoms with Gasteiger partial charge in [-0.05, 0) is 68.0 Å². The fourth-order valence-corrected chi connectivity index (χ4v) is 8.53. The van der Waals surface area contributed by atoms with Gasteiger partial charge in [-0.25, -0.2) is 14.1 Å². The standard InChI is InChI=1S/C39H39N4Si.Pt/c1-27(2)28-21-22-40-38(23-28)43-34-16-9-8-15-32(34)33-20-19-31(25-37(33)43)44(6,7)30-14-12-13-29(24-30)41-26-42(39(3,4)5)36-18-11-10-17-35(36)41;/h8-23,26-27H,1-7H3;/q-1;. The third kappa shape index (κ3) is 5.30. The van der Waals surface area contributed by atoms with Gasteiger partial charge in [-0.2, -0.15) is 40.7 Å². The van der Waals surface area contributed by atoms with Crippen molar-refractivity contribution < 1.29 is 21.1 Å². The third-order valence-electron chi connectivity index (χ3n) is 8.99. The molecule has 0 aliphatic carbocycles. The van der Waals surface area contributed by atoms with E-state index in [0.29, 0.717) is 5.92 Å². The van der Waals surface area contributed by atoms with Crippen LogP contribution in [-0.2, 0) is 26.6 Å². The molecule has 3 aromatic heterocycles. The quantitative estimate of drug-likeness (QED) is 0.127.